The van der Waals surface area contributed by atoms with E-state index in [0.29, 0.717) is 19.0 Å². The highest BCUT2D eigenvalue weighted by Crippen LogP contribution is 2.29. The van der Waals surface area contributed by atoms with E-state index in [2.05, 4.69) is 28.6 Å². The van der Waals surface area contributed by atoms with E-state index in [1.165, 1.54) is 11.8 Å². The van der Waals surface area contributed by atoms with E-state index in [1.54, 1.807) is 18.4 Å². The largest absolute Gasteiger partial charge is 0.497 e. The van der Waals surface area contributed by atoms with Gasteiger partial charge in [0.15, 0.2) is 11.0 Å². The second-order valence-electron chi connectivity index (χ2n) is 6.56. The van der Waals surface area contributed by atoms with Gasteiger partial charge in [0.1, 0.15) is 5.75 Å². The monoisotopic (exact) mass is 419 g/mol. The van der Waals surface area contributed by atoms with Crippen LogP contribution in [0.5, 0.6) is 5.75 Å². The van der Waals surface area contributed by atoms with Gasteiger partial charge in [0, 0.05) is 22.2 Å². The number of benzene rings is 1. The molecule has 0 saturated carbocycles. The third-order valence-corrected chi connectivity index (χ3v) is 6.01. The Morgan fingerprint density at radius 1 is 1.18 bits per heavy atom. The number of methoxy groups -OCH3 is 1. The van der Waals surface area contributed by atoms with Crippen molar-refractivity contribution in [3.63, 3.8) is 0 Å². The topological polar surface area (TPSA) is 69.4 Å². The van der Waals surface area contributed by atoms with Crippen molar-refractivity contribution in [3.8, 4) is 17.1 Å². The van der Waals surface area contributed by atoms with Crippen molar-refractivity contribution in [1.82, 2.24) is 14.8 Å². The highest BCUT2D eigenvalue weighted by atomic mass is 32.2. The van der Waals surface area contributed by atoms with Crippen LogP contribution in [0, 0.1) is 0 Å². The standard InChI is InChI=1S/C20H25N3O3S2/c1-14(2)23-19(15-6-8-17(25-3)9-7-15)21-22-20(23)28-13-16(24)11-26-12-18-5-4-10-27-18/h4-10,14,16,24H,11-13H2,1-3H3/t16-/m0/s1. The van der Waals surface area contributed by atoms with Crippen LogP contribution in [0.25, 0.3) is 11.4 Å². The lowest BCUT2D eigenvalue weighted by molar-refractivity contribution is 0.0408. The maximum Gasteiger partial charge on any atom is 0.191 e. The van der Waals surface area contributed by atoms with Gasteiger partial charge in [-0.1, -0.05) is 17.8 Å². The van der Waals surface area contributed by atoms with Crippen molar-refractivity contribution in [2.45, 2.75) is 37.8 Å². The first-order valence-corrected chi connectivity index (χ1v) is 10.9. The molecule has 0 fully saturated rings. The summed E-state index contributed by atoms with van der Waals surface area (Å²) in [5.41, 5.74) is 0.980. The number of aromatic nitrogens is 3. The minimum Gasteiger partial charge on any atom is -0.497 e. The summed E-state index contributed by atoms with van der Waals surface area (Å²) in [7, 11) is 1.65. The predicted octanol–water partition coefficient (Wildman–Crippen LogP) is 4.27. The number of thioether (sulfide) groups is 1. The van der Waals surface area contributed by atoms with Gasteiger partial charge in [0.2, 0.25) is 0 Å². The van der Waals surface area contributed by atoms with Crippen LogP contribution in [0.4, 0.5) is 0 Å². The summed E-state index contributed by atoms with van der Waals surface area (Å²) in [5, 5.41) is 21.8. The number of hydrogen-bond acceptors (Lipinski definition) is 7. The molecule has 28 heavy (non-hydrogen) atoms. The van der Waals surface area contributed by atoms with Crippen molar-refractivity contribution in [1.29, 1.82) is 0 Å². The van der Waals surface area contributed by atoms with E-state index in [0.717, 1.165) is 27.2 Å². The number of ether oxygens (including phenoxy) is 2. The molecule has 0 saturated heterocycles. The number of aliphatic hydroxyl groups excluding tert-OH is 1. The Kier molecular flexibility index (Phi) is 7.50. The van der Waals surface area contributed by atoms with Crippen LogP contribution in [0.15, 0.2) is 46.9 Å². The zero-order valence-electron chi connectivity index (χ0n) is 16.2. The van der Waals surface area contributed by atoms with Gasteiger partial charge in [0.25, 0.3) is 0 Å². The number of aliphatic hydroxyl groups is 1. The van der Waals surface area contributed by atoms with Crippen molar-refractivity contribution in [3.05, 3.63) is 46.7 Å². The molecule has 0 bridgehead atoms. The van der Waals surface area contributed by atoms with E-state index in [-0.39, 0.29) is 6.04 Å². The Morgan fingerprint density at radius 3 is 2.61 bits per heavy atom. The predicted molar refractivity (Wildman–Crippen MR) is 113 cm³/mol. The normalized spacial score (nSPS) is 12.5. The van der Waals surface area contributed by atoms with E-state index in [1.807, 2.05) is 41.8 Å². The lowest BCUT2D eigenvalue weighted by atomic mass is 10.2. The Labute approximate surface area is 173 Å². The van der Waals surface area contributed by atoms with E-state index >= 15 is 0 Å². The number of nitrogens with zero attached hydrogens (tertiary/aromatic N) is 3. The van der Waals surface area contributed by atoms with Crippen molar-refractivity contribution in [2.24, 2.45) is 0 Å². The molecule has 0 radical (unpaired) electrons. The summed E-state index contributed by atoms with van der Waals surface area (Å²) < 4.78 is 12.9. The first-order valence-electron chi connectivity index (χ1n) is 9.08. The molecule has 1 atom stereocenters. The molecule has 2 heterocycles. The van der Waals surface area contributed by atoms with E-state index < -0.39 is 6.10 Å². The molecule has 3 rings (SSSR count). The van der Waals surface area contributed by atoms with Gasteiger partial charge in [-0.3, -0.25) is 4.57 Å². The fourth-order valence-electron chi connectivity index (χ4n) is 2.69. The molecule has 1 N–H and O–H groups in total. The third-order valence-electron chi connectivity index (χ3n) is 4.07. The second kappa shape index (κ2) is 10.1. The summed E-state index contributed by atoms with van der Waals surface area (Å²) in [6.07, 6.45) is -0.563. The van der Waals surface area contributed by atoms with Crippen molar-refractivity contribution in [2.75, 3.05) is 19.5 Å². The summed E-state index contributed by atoms with van der Waals surface area (Å²) >= 11 is 3.14. The minimum atomic E-state index is -0.563. The van der Waals surface area contributed by atoms with Gasteiger partial charge >= 0.3 is 0 Å². The average molecular weight is 420 g/mol. The van der Waals surface area contributed by atoms with Crippen LogP contribution < -0.4 is 4.74 Å². The lowest BCUT2D eigenvalue weighted by Crippen LogP contribution is -2.18. The summed E-state index contributed by atoms with van der Waals surface area (Å²) in [6, 6.07) is 12.0. The Bertz CT molecular complexity index is 848. The second-order valence-corrected chi connectivity index (χ2v) is 8.58. The third kappa shape index (κ3) is 5.35. The zero-order chi connectivity index (χ0) is 19.9. The van der Waals surface area contributed by atoms with Gasteiger partial charge in [-0.15, -0.1) is 21.5 Å². The van der Waals surface area contributed by atoms with Crippen LogP contribution in [-0.2, 0) is 11.3 Å². The Balaban J connectivity index is 1.60. The maximum absolute atomic E-state index is 10.2. The fourth-order valence-corrected chi connectivity index (χ4v) is 4.30. The van der Waals surface area contributed by atoms with Gasteiger partial charge in [-0.25, -0.2) is 0 Å². The highest BCUT2D eigenvalue weighted by Gasteiger charge is 2.18. The first kappa shape index (κ1) is 20.9. The molecule has 0 aliphatic heterocycles. The van der Waals surface area contributed by atoms with E-state index in [9.17, 15) is 5.11 Å². The first-order chi connectivity index (χ1) is 13.6. The molecule has 0 aliphatic rings. The van der Waals surface area contributed by atoms with Crippen LogP contribution in [0.2, 0.25) is 0 Å². The quantitative estimate of drug-likeness (QED) is 0.495. The molecule has 0 aliphatic carbocycles. The van der Waals surface area contributed by atoms with Gasteiger partial charge in [0.05, 0.1) is 26.4 Å². The molecule has 1 aromatic carbocycles. The molecule has 0 unspecified atom stereocenters. The lowest BCUT2D eigenvalue weighted by Gasteiger charge is -2.15. The summed E-state index contributed by atoms with van der Waals surface area (Å²) in [4.78, 5) is 1.16. The molecule has 3 aromatic rings. The Hall–Kier alpha value is -1.87. The summed E-state index contributed by atoms with van der Waals surface area (Å²) in [6.45, 7) is 5.03. The van der Waals surface area contributed by atoms with Gasteiger partial charge in [-0.2, -0.15) is 0 Å². The van der Waals surface area contributed by atoms with Gasteiger partial charge in [-0.05, 0) is 49.6 Å². The van der Waals surface area contributed by atoms with E-state index in [4.69, 9.17) is 9.47 Å². The van der Waals surface area contributed by atoms with Crippen molar-refractivity contribution < 1.29 is 14.6 Å². The van der Waals surface area contributed by atoms with Crippen molar-refractivity contribution >= 4 is 23.1 Å². The molecule has 6 nitrogen and oxygen atoms in total. The smallest absolute Gasteiger partial charge is 0.191 e. The van der Waals surface area contributed by atoms with Crippen LogP contribution in [0.1, 0.15) is 24.8 Å². The Morgan fingerprint density at radius 2 is 1.96 bits per heavy atom. The molecule has 2 aromatic heterocycles. The number of rotatable bonds is 10. The molecular weight excluding hydrogens is 394 g/mol. The van der Waals surface area contributed by atoms with Crippen LogP contribution >= 0.6 is 23.1 Å². The number of hydrogen-bond donors (Lipinski definition) is 1. The highest BCUT2D eigenvalue weighted by molar-refractivity contribution is 7.99. The van der Waals surface area contributed by atoms with Crippen LogP contribution in [0.3, 0.4) is 0 Å². The zero-order valence-corrected chi connectivity index (χ0v) is 17.9. The maximum atomic E-state index is 10.2. The molecule has 150 valence electrons. The molecule has 0 amide bonds. The molecular formula is C20H25N3O3S2. The minimum absolute atomic E-state index is 0.196. The molecule has 0 spiro atoms. The van der Waals surface area contributed by atoms with Gasteiger partial charge < -0.3 is 14.6 Å². The average Bonchev–Trinajstić information content (AvgIpc) is 3.36. The molecule has 8 heteroatoms. The number of thiophene rings is 1. The summed E-state index contributed by atoms with van der Waals surface area (Å²) in [5.74, 6) is 2.11. The fraction of sp³-hybridized carbons (Fsp3) is 0.400. The SMILES string of the molecule is COc1ccc(-c2nnc(SC[C@@H](O)COCc3cccs3)n2C(C)C)cc1. The van der Waals surface area contributed by atoms with Crippen LogP contribution in [-0.4, -0.2) is 45.4 Å².